The normalized spacial score (nSPS) is 29.4. The van der Waals surface area contributed by atoms with E-state index in [1.807, 2.05) is 31.9 Å². The van der Waals surface area contributed by atoms with Gasteiger partial charge in [0.25, 0.3) is 0 Å². The molecule has 15 heteroatoms. The number of nitrogens with zero attached hydrogens (tertiary/aromatic N) is 2. The molecule has 7 aliphatic heterocycles. The zero-order valence-electron chi connectivity index (χ0n) is 30.8. The molecule has 14 nitrogen and oxygen atoms in total. The fraction of sp³-hybridized carbons (Fsp3) is 0.487. The molecule has 1 unspecified atom stereocenters. The summed E-state index contributed by atoms with van der Waals surface area (Å²) in [6.45, 7) is 5.26. The van der Waals surface area contributed by atoms with Crippen LogP contribution in [0.1, 0.15) is 68.8 Å². The molecule has 0 radical (unpaired) electrons. The summed E-state index contributed by atoms with van der Waals surface area (Å²) in [4.78, 5) is 31.7. The molecule has 4 N–H and O–H groups in total. The van der Waals surface area contributed by atoms with Crippen LogP contribution in [0.25, 0.3) is 0 Å². The molecule has 7 atom stereocenters. The molecule has 10 rings (SSSR count). The lowest BCUT2D eigenvalue weighted by Gasteiger charge is -2.62. The molecule has 54 heavy (non-hydrogen) atoms. The van der Waals surface area contributed by atoms with Crippen molar-refractivity contribution in [2.75, 3.05) is 47.0 Å². The molecule has 0 aromatic heterocycles. The average molecular weight is 762 g/mol. The summed E-state index contributed by atoms with van der Waals surface area (Å²) in [5.41, 5.74) is 4.36. The number of aliphatic hydroxyl groups excluding tert-OH is 1. The molecule has 0 saturated carbocycles. The van der Waals surface area contributed by atoms with E-state index in [9.17, 15) is 24.9 Å². The highest BCUT2D eigenvalue weighted by Gasteiger charge is 2.61. The van der Waals surface area contributed by atoms with Crippen LogP contribution in [0.2, 0.25) is 0 Å². The van der Waals surface area contributed by atoms with Gasteiger partial charge in [-0.15, -0.1) is 11.8 Å². The summed E-state index contributed by atoms with van der Waals surface area (Å²) in [5.74, 6) is 0.949. The second kappa shape index (κ2) is 12.6. The smallest absolute Gasteiger partial charge is 0.331 e. The summed E-state index contributed by atoms with van der Waals surface area (Å²) < 4.78 is 35.9. The molecule has 0 amide bonds. The number of carbonyl (C=O) groups excluding carboxylic acids is 2. The van der Waals surface area contributed by atoms with Crippen LogP contribution in [0.5, 0.6) is 40.2 Å². The summed E-state index contributed by atoms with van der Waals surface area (Å²) >= 11 is 1.47. The second-order valence-electron chi connectivity index (χ2n) is 14.9. The predicted octanol–water partition coefficient (Wildman–Crippen LogP) is 3.41. The molecule has 0 aliphatic carbocycles. The Morgan fingerprint density at radius 2 is 1.80 bits per heavy atom. The van der Waals surface area contributed by atoms with E-state index in [2.05, 4.69) is 10.2 Å². The number of methoxy groups -OCH3 is 2. The van der Waals surface area contributed by atoms with Crippen LogP contribution in [-0.4, -0.2) is 102 Å². The first-order valence-electron chi connectivity index (χ1n) is 18.1. The molecular weight excluding hydrogens is 719 g/mol. The van der Waals surface area contributed by atoms with Crippen molar-refractivity contribution in [2.45, 2.75) is 74.8 Å². The minimum Gasteiger partial charge on any atom is -0.504 e. The SMILES string of the molecule is COc1cc2c(cc1O)CCN[C@]21CS[C@H]2c3c(OC(C)=O)c(C)c4c(c3[C@H](COC1=O)N1C2[C@H]2c3c(cc(C)c(OC)c3O)C[C@H]([C@@H]1O)N2C)OCO4. The fourth-order valence-electron chi connectivity index (χ4n) is 10.00. The molecule has 3 aromatic carbocycles. The van der Waals surface area contributed by atoms with Crippen LogP contribution >= 0.6 is 11.8 Å². The first-order valence-corrected chi connectivity index (χ1v) is 19.1. The summed E-state index contributed by atoms with van der Waals surface area (Å²) in [5, 5.41) is 38.2. The molecule has 3 aromatic rings. The van der Waals surface area contributed by atoms with Crippen LogP contribution in [-0.2, 0) is 32.7 Å². The minimum atomic E-state index is -1.36. The number of hydrogen-bond acceptors (Lipinski definition) is 15. The molecule has 7 aliphatic rings. The van der Waals surface area contributed by atoms with Gasteiger partial charge in [0.1, 0.15) is 18.6 Å². The molecule has 2 fully saturated rings. The maximum atomic E-state index is 14.7. The number of aromatic hydroxyl groups is 2. The summed E-state index contributed by atoms with van der Waals surface area (Å²) in [6, 6.07) is 3.13. The molecule has 2 saturated heterocycles. The van der Waals surface area contributed by atoms with Crippen molar-refractivity contribution >= 4 is 23.7 Å². The van der Waals surface area contributed by atoms with Crippen LogP contribution in [0.3, 0.4) is 0 Å². The van der Waals surface area contributed by atoms with Gasteiger partial charge in [-0.05, 0) is 68.1 Å². The summed E-state index contributed by atoms with van der Waals surface area (Å²) in [7, 11) is 4.96. The van der Waals surface area contributed by atoms with Gasteiger partial charge in [-0.2, -0.15) is 0 Å². The van der Waals surface area contributed by atoms with Crippen LogP contribution in [0.4, 0.5) is 0 Å². The Balaban J connectivity index is 1.32. The number of ether oxygens (including phenoxy) is 6. The minimum absolute atomic E-state index is 0.0226. The number of hydrogen-bond donors (Lipinski definition) is 4. The van der Waals surface area contributed by atoms with E-state index >= 15 is 0 Å². The Labute approximate surface area is 316 Å². The zero-order chi connectivity index (χ0) is 38.0. The lowest BCUT2D eigenvalue weighted by Crippen LogP contribution is -2.70. The van der Waals surface area contributed by atoms with Crippen molar-refractivity contribution in [3.63, 3.8) is 0 Å². The lowest BCUT2D eigenvalue weighted by atomic mass is 9.73. The fourth-order valence-corrected chi connectivity index (χ4v) is 11.7. The van der Waals surface area contributed by atoms with Gasteiger partial charge in [-0.25, -0.2) is 4.79 Å². The number of aryl methyl sites for hydroxylation is 1. The number of thioether (sulfide) groups is 1. The van der Waals surface area contributed by atoms with Crippen LogP contribution < -0.4 is 29.0 Å². The van der Waals surface area contributed by atoms with E-state index in [0.29, 0.717) is 70.2 Å². The largest absolute Gasteiger partial charge is 0.504 e. The number of likely N-dealkylation sites (N-methyl/N-ethyl adjacent to an activating group) is 1. The van der Waals surface area contributed by atoms with Crippen molar-refractivity contribution in [1.29, 1.82) is 0 Å². The van der Waals surface area contributed by atoms with Crippen molar-refractivity contribution in [1.82, 2.24) is 15.1 Å². The number of piperazine rings is 1. The third-order valence-electron chi connectivity index (χ3n) is 12.3. The second-order valence-corrected chi connectivity index (χ2v) is 16.1. The Hall–Kier alpha value is -4.41. The van der Waals surface area contributed by atoms with Gasteiger partial charge in [-0.1, -0.05) is 6.07 Å². The van der Waals surface area contributed by atoms with Crippen molar-refractivity contribution < 1.29 is 53.3 Å². The van der Waals surface area contributed by atoms with Crippen molar-refractivity contribution in [2.24, 2.45) is 0 Å². The van der Waals surface area contributed by atoms with Gasteiger partial charge in [0.2, 0.25) is 6.79 Å². The lowest BCUT2D eigenvalue weighted by molar-refractivity contribution is -0.186. The highest BCUT2D eigenvalue weighted by molar-refractivity contribution is 7.99. The first-order chi connectivity index (χ1) is 25.9. The Kier molecular flexibility index (Phi) is 8.21. The molecule has 1 spiro atoms. The summed E-state index contributed by atoms with van der Waals surface area (Å²) in [6.07, 6.45) is -0.0282. The van der Waals surface area contributed by atoms with Gasteiger partial charge < -0.3 is 43.7 Å². The van der Waals surface area contributed by atoms with E-state index in [1.54, 1.807) is 12.1 Å². The highest BCUT2D eigenvalue weighted by atomic mass is 32.2. The number of esters is 2. The maximum Gasteiger partial charge on any atom is 0.331 e. The maximum absolute atomic E-state index is 14.7. The number of fused-ring (bicyclic) bond motifs is 9. The van der Waals surface area contributed by atoms with Gasteiger partial charge in [0.05, 0.1) is 37.6 Å². The van der Waals surface area contributed by atoms with Gasteiger partial charge in [-0.3, -0.25) is 19.9 Å². The van der Waals surface area contributed by atoms with E-state index in [0.717, 1.165) is 16.7 Å². The first kappa shape index (κ1) is 35.3. The topological polar surface area (TPSA) is 169 Å². The molecule has 7 heterocycles. The Bertz CT molecular complexity index is 2130. The number of carbonyl (C=O) groups is 2. The standard InChI is InChI=1S/C39H43N3O11S/c1-16-9-20-10-22-37(46)42-23-13-50-38(47)39(21-12-25(48-5)24(44)11-19(21)7-8-40-39)14-54-36(30(42)29(41(22)4)26(20)31(45)32(16)49-6)28-27(23)35-34(51-15-52-35)17(2)33(28)53-18(3)43/h9,11-12,22-23,29-30,36-37,40,44-46H,7-8,10,13-15H2,1-6H3/t22-,23+,29-,30?,36+,37+,39-/m1/s1. The van der Waals surface area contributed by atoms with Crippen LogP contribution in [0, 0.1) is 13.8 Å². The third-order valence-corrected chi connectivity index (χ3v) is 13.7. The Morgan fingerprint density at radius 3 is 2.54 bits per heavy atom. The number of nitrogens with one attached hydrogen (secondary N) is 1. The van der Waals surface area contributed by atoms with Gasteiger partial charge >= 0.3 is 11.9 Å². The molecule has 286 valence electrons. The highest BCUT2D eigenvalue weighted by Crippen LogP contribution is 2.64. The molecule has 4 bridgehead atoms. The van der Waals surface area contributed by atoms with E-state index in [-0.39, 0.29) is 42.4 Å². The number of phenolic OH excluding ortho intramolecular Hbond substituents is 2. The molecular formula is C39H43N3O11S. The quantitative estimate of drug-likeness (QED) is 0.226. The van der Waals surface area contributed by atoms with Gasteiger partial charge in [0, 0.05) is 47.5 Å². The monoisotopic (exact) mass is 761 g/mol. The number of aliphatic hydroxyl groups is 1. The Morgan fingerprint density at radius 1 is 1.02 bits per heavy atom. The number of phenols is 2. The van der Waals surface area contributed by atoms with E-state index in [4.69, 9.17) is 28.4 Å². The number of benzene rings is 3. The van der Waals surface area contributed by atoms with Crippen LogP contribution in [0.15, 0.2) is 18.2 Å². The predicted molar refractivity (Wildman–Crippen MR) is 195 cm³/mol. The van der Waals surface area contributed by atoms with E-state index in [1.165, 1.54) is 32.9 Å². The average Bonchev–Trinajstić information content (AvgIpc) is 3.63. The number of rotatable bonds is 3. The third kappa shape index (κ3) is 4.74. The van der Waals surface area contributed by atoms with E-state index < -0.39 is 47.1 Å². The van der Waals surface area contributed by atoms with Crippen molar-refractivity contribution in [3.05, 3.63) is 62.7 Å². The van der Waals surface area contributed by atoms with Gasteiger partial charge in [0.15, 0.2) is 40.0 Å². The van der Waals surface area contributed by atoms with Crippen molar-refractivity contribution in [3.8, 4) is 40.2 Å². The zero-order valence-corrected chi connectivity index (χ0v) is 31.7.